The number of rotatable bonds is 8. The minimum atomic E-state index is -0.186. The summed E-state index contributed by atoms with van der Waals surface area (Å²) in [6.07, 6.45) is 3.69. The normalized spacial score (nSPS) is 15.5. The standard InChI is InChI=1S/C21H34FN5O.HI/c1-4-23-21(24-12-6-8-17-7-5-9-18(22)15-17)25-19-10-13-27(14-11-19)16-20(28)26(2)3;/h5,7,9,15,19H,4,6,8,10-14,16H2,1-3H3,(H2,23,24,25);1H. The number of carbonyl (C=O) groups is 1. The molecule has 2 rings (SSSR count). The highest BCUT2D eigenvalue weighted by Gasteiger charge is 2.21. The van der Waals surface area contributed by atoms with Crippen LogP contribution in [0.3, 0.4) is 0 Å². The van der Waals surface area contributed by atoms with Gasteiger partial charge in [0.15, 0.2) is 5.96 Å². The number of likely N-dealkylation sites (tertiary alicyclic amines) is 1. The van der Waals surface area contributed by atoms with Gasteiger partial charge in [-0.1, -0.05) is 12.1 Å². The molecule has 1 heterocycles. The average Bonchev–Trinajstić information content (AvgIpc) is 2.67. The van der Waals surface area contributed by atoms with Gasteiger partial charge in [0.05, 0.1) is 6.54 Å². The fourth-order valence-corrected chi connectivity index (χ4v) is 3.25. The summed E-state index contributed by atoms with van der Waals surface area (Å²) < 4.78 is 13.2. The molecule has 2 N–H and O–H groups in total. The first kappa shape index (κ1) is 25.6. The van der Waals surface area contributed by atoms with E-state index in [1.807, 2.05) is 6.07 Å². The molecular formula is C21H35FIN5O. The molecule has 1 aromatic carbocycles. The maximum absolute atomic E-state index is 13.2. The number of piperidine rings is 1. The van der Waals surface area contributed by atoms with Crippen molar-refractivity contribution < 1.29 is 9.18 Å². The fourth-order valence-electron chi connectivity index (χ4n) is 3.25. The SMILES string of the molecule is CCNC(=NCCCc1cccc(F)c1)NC1CCN(CC(=O)N(C)C)CC1.I. The third-order valence-corrected chi connectivity index (χ3v) is 4.91. The summed E-state index contributed by atoms with van der Waals surface area (Å²) in [6, 6.07) is 7.12. The van der Waals surface area contributed by atoms with Gasteiger partial charge in [0.25, 0.3) is 0 Å². The lowest BCUT2D eigenvalue weighted by molar-refractivity contribution is -0.130. The summed E-state index contributed by atoms with van der Waals surface area (Å²) >= 11 is 0. The number of halogens is 2. The van der Waals surface area contributed by atoms with Crippen LogP contribution in [0.15, 0.2) is 29.3 Å². The summed E-state index contributed by atoms with van der Waals surface area (Å²) in [4.78, 5) is 20.4. The molecule has 1 saturated heterocycles. The molecular weight excluding hydrogens is 484 g/mol. The lowest BCUT2D eigenvalue weighted by Crippen LogP contribution is -2.50. The minimum Gasteiger partial charge on any atom is -0.357 e. The van der Waals surface area contributed by atoms with Gasteiger partial charge in [0, 0.05) is 46.3 Å². The van der Waals surface area contributed by atoms with Gasteiger partial charge in [-0.2, -0.15) is 0 Å². The van der Waals surface area contributed by atoms with Crippen LogP contribution in [0.4, 0.5) is 4.39 Å². The number of guanidine groups is 1. The Kier molecular flexibility index (Phi) is 12.1. The van der Waals surface area contributed by atoms with Crippen molar-refractivity contribution in [1.82, 2.24) is 20.4 Å². The Morgan fingerprint density at radius 2 is 2.03 bits per heavy atom. The Morgan fingerprint density at radius 3 is 2.66 bits per heavy atom. The highest BCUT2D eigenvalue weighted by Crippen LogP contribution is 2.10. The lowest BCUT2D eigenvalue weighted by atomic mass is 10.1. The number of nitrogens with zero attached hydrogens (tertiary/aromatic N) is 3. The van der Waals surface area contributed by atoms with Gasteiger partial charge < -0.3 is 15.5 Å². The number of aliphatic imine (C=N–C) groups is 1. The van der Waals surface area contributed by atoms with E-state index in [-0.39, 0.29) is 35.7 Å². The van der Waals surface area contributed by atoms with Gasteiger partial charge in [-0.05, 0) is 50.3 Å². The number of hydrogen-bond acceptors (Lipinski definition) is 3. The number of aryl methyl sites for hydroxylation is 1. The van der Waals surface area contributed by atoms with Crippen molar-refractivity contribution in [2.24, 2.45) is 4.99 Å². The summed E-state index contributed by atoms with van der Waals surface area (Å²) in [5, 5.41) is 6.82. The lowest BCUT2D eigenvalue weighted by Gasteiger charge is -2.33. The molecule has 0 bridgehead atoms. The van der Waals surface area contributed by atoms with Crippen LogP contribution in [0.2, 0.25) is 0 Å². The molecule has 0 aliphatic carbocycles. The molecule has 8 heteroatoms. The van der Waals surface area contributed by atoms with Crippen LogP contribution in [0, 0.1) is 5.82 Å². The second-order valence-corrected chi connectivity index (χ2v) is 7.48. The van der Waals surface area contributed by atoms with E-state index in [9.17, 15) is 9.18 Å². The first-order valence-electron chi connectivity index (χ1n) is 10.2. The van der Waals surface area contributed by atoms with E-state index < -0.39 is 0 Å². The van der Waals surface area contributed by atoms with Gasteiger partial charge in [0.1, 0.15) is 5.82 Å². The van der Waals surface area contributed by atoms with Crippen LogP contribution < -0.4 is 10.6 Å². The second kappa shape index (κ2) is 13.7. The van der Waals surface area contributed by atoms with Crippen LogP contribution in [0.25, 0.3) is 0 Å². The van der Waals surface area contributed by atoms with Crippen molar-refractivity contribution in [2.45, 2.75) is 38.6 Å². The van der Waals surface area contributed by atoms with Gasteiger partial charge >= 0.3 is 0 Å². The summed E-state index contributed by atoms with van der Waals surface area (Å²) in [6.45, 7) is 5.88. The summed E-state index contributed by atoms with van der Waals surface area (Å²) in [5.74, 6) is 0.804. The Balaban J connectivity index is 0.00000420. The van der Waals surface area contributed by atoms with Crippen molar-refractivity contribution >= 4 is 35.8 Å². The Bertz CT molecular complexity index is 648. The predicted octanol–water partition coefficient (Wildman–Crippen LogP) is 2.48. The highest BCUT2D eigenvalue weighted by molar-refractivity contribution is 14.0. The maximum Gasteiger partial charge on any atom is 0.236 e. The Hall–Kier alpha value is -1.42. The Labute approximate surface area is 191 Å². The summed E-state index contributed by atoms with van der Waals surface area (Å²) in [5.41, 5.74) is 1.01. The van der Waals surface area contributed by atoms with Crippen molar-refractivity contribution in [2.75, 3.05) is 46.8 Å². The van der Waals surface area contributed by atoms with E-state index in [4.69, 9.17) is 0 Å². The van der Waals surface area contributed by atoms with E-state index in [0.717, 1.165) is 56.8 Å². The maximum atomic E-state index is 13.2. The molecule has 0 saturated carbocycles. The monoisotopic (exact) mass is 519 g/mol. The van der Waals surface area contributed by atoms with E-state index in [1.54, 1.807) is 31.1 Å². The molecule has 0 aromatic heterocycles. The van der Waals surface area contributed by atoms with E-state index >= 15 is 0 Å². The number of carbonyl (C=O) groups excluding carboxylic acids is 1. The predicted molar refractivity (Wildman–Crippen MR) is 127 cm³/mol. The van der Waals surface area contributed by atoms with Crippen molar-refractivity contribution in [3.63, 3.8) is 0 Å². The molecule has 0 spiro atoms. The smallest absolute Gasteiger partial charge is 0.236 e. The molecule has 1 amide bonds. The molecule has 1 aliphatic rings. The van der Waals surface area contributed by atoms with Crippen LogP contribution in [-0.2, 0) is 11.2 Å². The Morgan fingerprint density at radius 1 is 1.31 bits per heavy atom. The molecule has 6 nitrogen and oxygen atoms in total. The minimum absolute atomic E-state index is 0. The zero-order chi connectivity index (χ0) is 20.4. The van der Waals surface area contributed by atoms with Gasteiger partial charge in [-0.25, -0.2) is 4.39 Å². The van der Waals surface area contributed by atoms with Crippen LogP contribution in [-0.4, -0.2) is 74.5 Å². The molecule has 0 radical (unpaired) electrons. The largest absolute Gasteiger partial charge is 0.357 e. The van der Waals surface area contributed by atoms with Gasteiger partial charge in [0.2, 0.25) is 5.91 Å². The average molecular weight is 519 g/mol. The first-order chi connectivity index (χ1) is 13.5. The van der Waals surface area contributed by atoms with Gasteiger partial charge in [-0.15, -0.1) is 24.0 Å². The topological polar surface area (TPSA) is 60.0 Å². The third-order valence-electron chi connectivity index (χ3n) is 4.91. The molecule has 1 aromatic rings. The zero-order valence-corrected chi connectivity index (χ0v) is 20.1. The molecule has 1 fully saturated rings. The van der Waals surface area contributed by atoms with E-state index in [1.165, 1.54) is 6.07 Å². The number of hydrogen-bond donors (Lipinski definition) is 2. The molecule has 0 atom stereocenters. The first-order valence-corrected chi connectivity index (χ1v) is 10.2. The van der Waals surface area contributed by atoms with Crippen molar-refractivity contribution in [3.8, 4) is 0 Å². The molecule has 1 aliphatic heterocycles. The highest BCUT2D eigenvalue weighted by atomic mass is 127. The van der Waals surface area contributed by atoms with Crippen LogP contribution in [0.5, 0.6) is 0 Å². The zero-order valence-electron chi connectivity index (χ0n) is 17.8. The third kappa shape index (κ3) is 9.75. The number of amides is 1. The fraction of sp³-hybridized carbons (Fsp3) is 0.619. The van der Waals surface area contributed by atoms with Gasteiger partial charge in [-0.3, -0.25) is 14.7 Å². The second-order valence-electron chi connectivity index (χ2n) is 7.48. The molecule has 164 valence electrons. The number of benzene rings is 1. The van der Waals surface area contributed by atoms with Crippen LogP contribution >= 0.6 is 24.0 Å². The number of likely N-dealkylation sites (N-methyl/N-ethyl adjacent to an activating group) is 1. The van der Waals surface area contributed by atoms with Crippen LogP contribution in [0.1, 0.15) is 31.7 Å². The quantitative estimate of drug-likeness (QED) is 0.240. The van der Waals surface area contributed by atoms with E-state index in [0.29, 0.717) is 19.1 Å². The molecule has 0 unspecified atom stereocenters. The molecule has 29 heavy (non-hydrogen) atoms. The van der Waals surface area contributed by atoms with Crippen molar-refractivity contribution in [1.29, 1.82) is 0 Å². The number of nitrogens with one attached hydrogen (secondary N) is 2. The summed E-state index contributed by atoms with van der Waals surface area (Å²) in [7, 11) is 3.59. The van der Waals surface area contributed by atoms with Crippen molar-refractivity contribution in [3.05, 3.63) is 35.6 Å². The van der Waals surface area contributed by atoms with E-state index in [2.05, 4.69) is 27.4 Å².